The summed E-state index contributed by atoms with van der Waals surface area (Å²) in [5.74, 6) is -0.511. The Morgan fingerprint density at radius 2 is 2.14 bits per heavy atom. The lowest BCUT2D eigenvalue weighted by atomic mass is 10.1. The Bertz CT molecular complexity index is 712. The van der Waals surface area contributed by atoms with E-state index in [1.807, 2.05) is 24.3 Å². The van der Waals surface area contributed by atoms with Crippen LogP contribution < -0.4 is 0 Å². The monoisotopic (exact) mass is 321 g/mol. The van der Waals surface area contributed by atoms with Gasteiger partial charge in [-0.25, -0.2) is 4.79 Å². The number of benzene rings is 1. The third kappa shape index (κ3) is 2.32. The zero-order valence-corrected chi connectivity index (χ0v) is 12.8. The summed E-state index contributed by atoms with van der Waals surface area (Å²) in [6, 6.07) is 9.10. The topological polar surface area (TPSA) is 46.6 Å². The van der Waals surface area contributed by atoms with Gasteiger partial charge >= 0.3 is 5.97 Å². The highest BCUT2D eigenvalue weighted by molar-refractivity contribution is 7.12. The first kappa shape index (κ1) is 14.1. The number of ether oxygens (including phenoxy) is 1. The number of thiophene rings is 1. The van der Waals surface area contributed by atoms with Gasteiger partial charge in [0.15, 0.2) is 0 Å². The van der Waals surface area contributed by atoms with Gasteiger partial charge in [0.1, 0.15) is 10.4 Å². The van der Waals surface area contributed by atoms with E-state index < -0.39 is 11.5 Å². The fourth-order valence-corrected chi connectivity index (χ4v) is 3.57. The van der Waals surface area contributed by atoms with Crippen LogP contribution in [-0.4, -0.2) is 23.9 Å². The van der Waals surface area contributed by atoms with Crippen LogP contribution in [0.25, 0.3) is 0 Å². The third-order valence-corrected chi connectivity index (χ3v) is 4.85. The second-order valence-electron chi connectivity index (χ2n) is 4.62. The average molecular weight is 322 g/mol. The minimum absolute atomic E-state index is 0.118. The number of nitrogens with zero attached hydrogens (tertiary/aromatic N) is 1. The minimum Gasteiger partial charge on any atom is -0.465 e. The molecule has 1 amide bonds. The molecular weight excluding hydrogens is 310 g/mol. The van der Waals surface area contributed by atoms with Gasteiger partial charge in [0.25, 0.3) is 5.91 Å². The highest BCUT2D eigenvalue weighted by Crippen LogP contribution is 2.38. The molecule has 4 nitrogen and oxygen atoms in total. The van der Waals surface area contributed by atoms with Crippen molar-refractivity contribution in [1.82, 2.24) is 4.90 Å². The van der Waals surface area contributed by atoms with E-state index in [1.165, 1.54) is 18.4 Å². The Balaban J connectivity index is 1.89. The standard InChI is InChI=1S/C15H12ClNO3S/c1-20-15(19)12-9(6-7-21-12)8-17-13(16)10-4-2-3-5-11(10)14(17)18/h2-7,13H,8H2,1H3. The summed E-state index contributed by atoms with van der Waals surface area (Å²) in [4.78, 5) is 26.2. The molecule has 0 saturated carbocycles. The summed E-state index contributed by atoms with van der Waals surface area (Å²) in [5, 5.41) is 1.80. The van der Waals surface area contributed by atoms with E-state index in [9.17, 15) is 9.59 Å². The van der Waals surface area contributed by atoms with Crippen LogP contribution in [0.2, 0.25) is 0 Å². The van der Waals surface area contributed by atoms with Crippen molar-refractivity contribution in [2.45, 2.75) is 12.0 Å². The van der Waals surface area contributed by atoms with Gasteiger partial charge in [0.2, 0.25) is 0 Å². The van der Waals surface area contributed by atoms with E-state index in [2.05, 4.69) is 0 Å². The van der Waals surface area contributed by atoms with E-state index in [4.69, 9.17) is 16.3 Å². The Labute approximate surface area is 130 Å². The quantitative estimate of drug-likeness (QED) is 0.494. The molecule has 0 spiro atoms. The average Bonchev–Trinajstić information content (AvgIpc) is 3.06. The van der Waals surface area contributed by atoms with Crippen molar-refractivity contribution in [3.63, 3.8) is 0 Å². The Morgan fingerprint density at radius 1 is 1.38 bits per heavy atom. The maximum Gasteiger partial charge on any atom is 0.348 e. The molecule has 1 aliphatic heterocycles. The van der Waals surface area contributed by atoms with Crippen molar-refractivity contribution >= 4 is 34.8 Å². The normalized spacial score (nSPS) is 17.0. The third-order valence-electron chi connectivity index (χ3n) is 3.44. The van der Waals surface area contributed by atoms with E-state index in [0.717, 1.165) is 11.1 Å². The predicted octanol–water partition coefficient (Wildman–Crippen LogP) is 3.43. The zero-order valence-electron chi connectivity index (χ0n) is 11.2. The SMILES string of the molecule is COC(=O)c1sccc1CN1C(=O)c2ccccc2C1Cl. The van der Waals surface area contributed by atoms with Gasteiger partial charge in [-0.3, -0.25) is 4.79 Å². The highest BCUT2D eigenvalue weighted by atomic mass is 35.5. The number of hydrogen-bond donors (Lipinski definition) is 0. The van der Waals surface area contributed by atoms with E-state index in [1.54, 1.807) is 16.3 Å². The van der Waals surface area contributed by atoms with Crippen molar-refractivity contribution in [2.24, 2.45) is 0 Å². The van der Waals surface area contributed by atoms with Crippen molar-refractivity contribution in [3.8, 4) is 0 Å². The van der Waals surface area contributed by atoms with Crippen molar-refractivity contribution in [1.29, 1.82) is 0 Å². The first-order chi connectivity index (χ1) is 10.1. The van der Waals surface area contributed by atoms with E-state index >= 15 is 0 Å². The molecule has 0 aliphatic carbocycles. The van der Waals surface area contributed by atoms with E-state index in [-0.39, 0.29) is 12.5 Å². The first-order valence-electron chi connectivity index (χ1n) is 6.32. The number of hydrogen-bond acceptors (Lipinski definition) is 4. The van der Waals surface area contributed by atoms with Gasteiger partial charge in [-0.2, -0.15) is 0 Å². The van der Waals surface area contributed by atoms with Crippen LogP contribution in [0.4, 0.5) is 0 Å². The molecule has 1 aromatic heterocycles. The molecule has 108 valence electrons. The van der Waals surface area contributed by atoms with Crippen LogP contribution in [0.15, 0.2) is 35.7 Å². The molecular formula is C15H12ClNO3S. The molecule has 0 saturated heterocycles. The lowest BCUT2D eigenvalue weighted by molar-refractivity contribution is 0.0600. The van der Waals surface area contributed by atoms with Gasteiger partial charge in [-0.15, -0.1) is 11.3 Å². The van der Waals surface area contributed by atoms with Gasteiger partial charge < -0.3 is 9.64 Å². The molecule has 0 N–H and O–H groups in total. The molecule has 0 bridgehead atoms. The number of carbonyl (C=O) groups excluding carboxylic acids is 2. The number of esters is 1. The Kier molecular flexibility index (Phi) is 3.69. The summed E-state index contributed by atoms with van der Waals surface area (Å²) in [6.07, 6.45) is 0. The van der Waals surface area contributed by atoms with Crippen LogP contribution in [0.5, 0.6) is 0 Å². The second-order valence-corrected chi connectivity index (χ2v) is 5.95. The number of methoxy groups -OCH3 is 1. The number of amides is 1. The van der Waals surface area contributed by atoms with Gasteiger partial charge in [0, 0.05) is 17.7 Å². The summed E-state index contributed by atoms with van der Waals surface area (Å²) >= 11 is 7.67. The predicted molar refractivity (Wildman–Crippen MR) is 80.6 cm³/mol. The molecule has 6 heteroatoms. The van der Waals surface area contributed by atoms with E-state index in [0.29, 0.717) is 10.4 Å². The number of alkyl halides is 1. The Hall–Kier alpha value is -1.85. The molecule has 1 aromatic carbocycles. The molecule has 3 rings (SSSR count). The number of carbonyl (C=O) groups is 2. The van der Waals surface area contributed by atoms with Crippen LogP contribution in [0.3, 0.4) is 0 Å². The highest BCUT2D eigenvalue weighted by Gasteiger charge is 2.35. The van der Waals surface area contributed by atoms with Crippen LogP contribution in [0.1, 0.15) is 36.7 Å². The summed E-state index contributed by atoms with van der Waals surface area (Å²) in [7, 11) is 1.34. The summed E-state index contributed by atoms with van der Waals surface area (Å²) in [5.41, 5.74) is 1.66. The number of rotatable bonds is 3. The largest absolute Gasteiger partial charge is 0.465 e. The van der Waals surface area contributed by atoms with Gasteiger partial charge in [0.05, 0.1) is 7.11 Å². The maximum atomic E-state index is 12.4. The molecule has 1 unspecified atom stereocenters. The Morgan fingerprint density at radius 3 is 2.86 bits per heavy atom. The number of fused-ring (bicyclic) bond motifs is 1. The smallest absolute Gasteiger partial charge is 0.348 e. The lowest BCUT2D eigenvalue weighted by Crippen LogP contribution is -2.25. The molecule has 0 radical (unpaired) electrons. The summed E-state index contributed by atoms with van der Waals surface area (Å²) in [6.45, 7) is 0.287. The molecule has 1 aliphatic rings. The molecule has 1 atom stereocenters. The first-order valence-corrected chi connectivity index (χ1v) is 7.63. The van der Waals surface area contributed by atoms with Gasteiger partial charge in [-0.1, -0.05) is 29.8 Å². The second kappa shape index (κ2) is 5.50. The minimum atomic E-state index is -0.515. The number of halogens is 1. The fourth-order valence-electron chi connectivity index (χ4n) is 2.39. The maximum absolute atomic E-state index is 12.4. The molecule has 0 fully saturated rings. The van der Waals surface area contributed by atoms with Crippen molar-refractivity contribution in [2.75, 3.05) is 7.11 Å². The zero-order chi connectivity index (χ0) is 15.0. The van der Waals surface area contributed by atoms with Crippen LogP contribution >= 0.6 is 22.9 Å². The van der Waals surface area contributed by atoms with Crippen LogP contribution in [-0.2, 0) is 11.3 Å². The molecule has 21 heavy (non-hydrogen) atoms. The molecule has 2 heterocycles. The lowest BCUT2D eigenvalue weighted by Gasteiger charge is -2.20. The fraction of sp³-hybridized carbons (Fsp3) is 0.200. The van der Waals surface area contributed by atoms with Crippen LogP contribution in [0, 0.1) is 0 Å². The summed E-state index contributed by atoms with van der Waals surface area (Å²) < 4.78 is 4.75. The van der Waals surface area contributed by atoms with Crippen molar-refractivity contribution in [3.05, 3.63) is 57.3 Å². The van der Waals surface area contributed by atoms with Gasteiger partial charge in [-0.05, 0) is 23.1 Å². The van der Waals surface area contributed by atoms with Crippen molar-refractivity contribution < 1.29 is 14.3 Å². The molecule has 2 aromatic rings.